The maximum atomic E-state index is 12.5. The van der Waals surface area contributed by atoms with Gasteiger partial charge in [-0.25, -0.2) is 8.42 Å². The predicted octanol–water partition coefficient (Wildman–Crippen LogP) is 0.440. The fourth-order valence-electron chi connectivity index (χ4n) is 2.75. The van der Waals surface area contributed by atoms with Crippen LogP contribution in [-0.4, -0.2) is 68.6 Å². The van der Waals surface area contributed by atoms with Gasteiger partial charge in [-0.3, -0.25) is 19.3 Å². The van der Waals surface area contributed by atoms with Crippen molar-refractivity contribution in [1.29, 1.82) is 0 Å². The highest BCUT2D eigenvalue weighted by Gasteiger charge is 2.31. The number of fused-ring (bicyclic) bond motifs is 1. The van der Waals surface area contributed by atoms with E-state index in [1.54, 1.807) is 30.0 Å². The predicted molar refractivity (Wildman–Crippen MR) is 98.3 cm³/mol. The summed E-state index contributed by atoms with van der Waals surface area (Å²) in [4.78, 5) is 32.0. The van der Waals surface area contributed by atoms with Gasteiger partial charge in [-0.2, -0.15) is 0 Å². The van der Waals surface area contributed by atoms with Gasteiger partial charge in [0.2, 0.25) is 11.8 Å². The number of amidine groups is 1. The molecule has 0 radical (unpaired) electrons. The summed E-state index contributed by atoms with van der Waals surface area (Å²) in [5, 5.41) is 0. The molecule has 1 aliphatic heterocycles. The lowest BCUT2D eigenvalue weighted by Gasteiger charge is -2.24. The van der Waals surface area contributed by atoms with Crippen molar-refractivity contribution >= 4 is 27.7 Å². The SMILES string of the molecule is CCN(CC)C(=O)CN(C)C(=O)[C@H](C)N=C1NS(=O)(=O)c2ccccc21. The highest BCUT2D eigenvalue weighted by molar-refractivity contribution is 7.90. The molecule has 26 heavy (non-hydrogen) atoms. The Morgan fingerprint density at radius 1 is 1.19 bits per heavy atom. The van der Waals surface area contributed by atoms with Crippen LogP contribution >= 0.6 is 0 Å². The van der Waals surface area contributed by atoms with Gasteiger partial charge in [0, 0.05) is 25.7 Å². The van der Waals surface area contributed by atoms with E-state index in [0.29, 0.717) is 18.7 Å². The van der Waals surface area contributed by atoms with E-state index < -0.39 is 16.1 Å². The van der Waals surface area contributed by atoms with Crippen molar-refractivity contribution in [2.24, 2.45) is 4.99 Å². The number of likely N-dealkylation sites (N-methyl/N-ethyl adjacent to an activating group) is 2. The quantitative estimate of drug-likeness (QED) is 0.774. The Bertz CT molecular complexity index is 831. The topological polar surface area (TPSA) is 99.2 Å². The number of nitrogens with one attached hydrogen (secondary N) is 1. The second-order valence-corrected chi connectivity index (χ2v) is 7.67. The molecule has 0 spiro atoms. The van der Waals surface area contributed by atoms with Gasteiger partial charge in [0.25, 0.3) is 10.0 Å². The molecule has 1 aliphatic rings. The van der Waals surface area contributed by atoms with Gasteiger partial charge in [0.05, 0.1) is 11.4 Å². The molecule has 1 N–H and O–H groups in total. The van der Waals surface area contributed by atoms with E-state index in [2.05, 4.69) is 9.71 Å². The van der Waals surface area contributed by atoms with Crippen LogP contribution in [0.1, 0.15) is 26.3 Å². The number of amides is 2. The largest absolute Gasteiger partial charge is 0.342 e. The Labute approximate surface area is 153 Å². The number of rotatable bonds is 6. The molecule has 1 atom stereocenters. The molecule has 0 saturated carbocycles. The standard InChI is InChI=1S/C17H24N4O4S/c1-5-21(6-2)15(22)11-20(4)17(23)12(3)18-16-13-9-7-8-10-14(13)26(24,25)19-16/h7-10,12H,5-6,11H2,1-4H3,(H,18,19)/t12-/m0/s1. The lowest BCUT2D eigenvalue weighted by atomic mass is 10.2. The minimum absolute atomic E-state index is 0.0436. The van der Waals surface area contributed by atoms with Gasteiger partial charge in [-0.1, -0.05) is 12.1 Å². The molecule has 1 heterocycles. The zero-order valence-electron chi connectivity index (χ0n) is 15.4. The average Bonchev–Trinajstić information content (AvgIpc) is 2.86. The van der Waals surface area contributed by atoms with E-state index in [4.69, 9.17) is 0 Å². The molecule has 0 aromatic heterocycles. The normalized spacial score (nSPS) is 17.3. The van der Waals surface area contributed by atoms with Crippen molar-refractivity contribution in [3.05, 3.63) is 29.8 Å². The number of aliphatic imine (C=N–C) groups is 1. The third kappa shape index (κ3) is 4.04. The van der Waals surface area contributed by atoms with Crippen LogP contribution in [0.5, 0.6) is 0 Å². The first kappa shape index (κ1) is 19.9. The summed E-state index contributed by atoms with van der Waals surface area (Å²) in [7, 11) is -2.11. The van der Waals surface area contributed by atoms with E-state index in [-0.39, 0.29) is 29.1 Å². The first-order valence-corrected chi connectivity index (χ1v) is 9.92. The van der Waals surface area contributed by atoms with Crippen molar-refractivity contribution in [2.75, 3.05) is 26.7 Å². The highest BCUT2D eigenvalue weighted by atomic mass is 32.2. The number of benzene rings is 1. The molecule has 0 bridgehead atoms. The molecular weight excluding hydrogens is 356 g/mol. The van der Waals surface area contributed by atoms with Crippen LogP contribution in [0.15, 0.2) is 34.2 Å². The molecule has 142 valence electrons. The van der Waals surface area contributed by atoms with Crippen LogP contribution in [0.25, 0.3) is 0 Å². The Morgan fingerprint density at radius 2 is 1.81 bits per heavy atom. The minimum atomic E-state index is -3.65. The fraction of sp³-hybridized carbons (Fsp3) is 0.471. The summed E-state index contributed by atoms with van der Waals surface area (Å²) in [5.41, 5.74) is 0.439. The van der Waals surface area contributed by atoms with E-state index in [0.717, 1.165) is 0 Å². The smallest absolute Gasteiger partial charge is 0.263 e. The summed E-state index contributed by atoms with van der Waals surface area (Å²) in [6.45, 7) is 6.44. The Kier molecular flexibility index (Phi) is 6.01. The van der Waals surface area contributed by atoms with E-state index in [1.807, 2.05) is 13.8 Å². The van der Waals surface area contributed by atoms with Gasteiger partial charge in [-0.05, 0) is 32.9 Å². The van der Waals surface area contributed by atoms with Crippen LogP contribution in [0.3, 0.4) is 0 Å². The van der Waals surface area contributed by atoms with Crippen molar-refractivity contribution in [3.63, 3.8) is 0 Å². The average molecular weight is 380 g/mol. The van der Waals surface area contributed by atoms with Crippen molar-refractivity contribution in [1.82, 2.24) is 14.5 Å². The fourth-order valence-corrected chi connectivity index (χ4v) is 3.99. The van der Waals surface area contributed by atoms with Crippen LogP contribution in [0.2, 0.25) is 0 Å². The third-order valence-electron chi connectivity index (χ3n) is 4.21. The van der Waals surface area contributed by atoms with Gasteiger partial charge >= 0.3 is 0 Å². The van der Waals surface area contributed by atoms with Crippen molar-refractivity contribution < 1.29 is 18.0 Å². The summed E-state index contributed by atoms with van der Waals surface area (Å²) < 4.78 is 26.6. The second kappa shape index (κ2) is 7.86. The van der Waals surface area contributed by atoms with E-state index in [9.17, 15) is 18.0 Å². The van der Waals surface area contributed by atoms with Gasteiger partial charge in [-0.15, -0.1) is 0 Å². The second-order valence-electron chi connectivity index (χ2n) is 6.02. The molecule has 0 aliphatic carbocycles. The van der Waals surface area contributed by atoms with Gasteiger partial charge in [0.15, 0.2) is 0 Å². The highest BCUT2D eigenvalue weighted by Crippen LogP contribution is 2.22. The van der Waals surface area contributed by atoms with Crippen molar-refractivity contribution in [3.8, 4) is 0 Å². The van der Waals surface area contributed by atoms with Crippen LogP contribution in [-0.2, 0) is 19.6 Å². The number of carbonyl (C=O) groups is 2. The summed E-state index contributed by atoms with van der Waals surface area (Å²) >= 11 is 0. The first-order chi connectivity index (χ1) is 12.2. The van der Waals surface area contributed by atoms with Crippen LogP contribution in [0, 0.1) is 0 Å². The maximum Gasteiger partial charge on any atom is 0.263 e. The third-order valence-corrected chi connectivity index (χ3v) is 5.60. The molecule has 0 fully saturated rings. The number of sulfonamides is 1. The molecule has 1 aromatic carbocycles. The lowest BCUT2D eigenvalue weighted by molar-refractivity contribution is -0.139. The summed E-state index contributed by atoms with van der Waals surface area (Å²) in [5.74, 6) is -0.357. The Morgan fingerprint density at radius 3 is 2.42 bits per heavy atom. The van der Waals surface area contributed by atoms with E-state index in [1.165, 1.54) is 18.0 Å². The lowest BCUT2D eigenvalue weighted by Crippen LogP contribution is -2.43. The van der Waals surface area contributed by atoms with Crippen molar-refractivity contribution in [2.45, 2.75) is 31.7 Å². The zero-order chi connectivity index (χ0) is 19.5. The first-order valence-electron chi connectivity index (χ1n) is 8.44. The molecule has 8 nitrogen and oxygen atoms in total. The van der Waals surface area contributed by atoms with Crippen LogP contribution < -0.4 is 4.72 Å². The van der Waals surface area contributed by atoms with E-state index >= 15 is 0 Å². The molecule has 0 unspecified atom stereocenters. The maximum absolute atomic E-state index is 12.5. The molecule has 0 saturated heterocycles. The van der Waals surface area contributed by atoms with Crippen LogP contribution in [0.4, 0.5) is 0 Å². The molecule has 2 rings (SSSR count). The molecule has 9 heteroatoms. The molecular formula is C17H24N4O4S. The Hall–Kier alpha value is -2.42. The number of nitrogens with zero attached hydrogens (tertiary/aromatic N) is 3. The zero-order valence-corrected chi connectivity index (χ0v) is 16.2. The minimum Gasteiger partial charge on any atom is -0.342 e. The summed E-state index contributed by atoms with van der Waals surface area (Å²) in [6.07, 6.45) is 0. The van der Waals surface area contributed by atoms with Gasteiger partial charge in [0.1, 0.15) is 11.9 Å². The van der Waals surface area contributed by atoms with Gasteiger partial charge < -0.3 is 9.80 Å². The summed E-state index contributed by atoms with van der Waals surface area (Å²) in [6, 6.07) is 5.63. The molecule has 1 aromatic rings. The Balaban J connectivity index is 2.14. The number of hydrogen-bond acceptors (Lipinski definition) is 5. The number of hydrogen-bond donors (Lipinski definition) is 1. The monoisotopic (exact) mass is 380 g/mol. The number of carbonyl (C=O) groups excluding carboxylic acids is 2. The molecule has 2 amide bonds.